The molecular formula is C3H5KO4Zr+2. The van der Waals surface area contributed by atoms with Crippen LogP contribution in [0.4, 0.5) is 0 Å². The van der Waals surface area contributed by atoms with Gasteiger partial charge >= 0.3 is 77.6 Å². The van der Waals surface area contributed by atoms with Gasteiger partial charge in [-0.3, -0.25) is 0 Å². The zero-order valence-electron chi connectivity index (χ0n) is 5.00. The molecule has 0 aromatic heterocycles. The quantitative estimate of drug-likeness (QED) is 0.467. The van der Waals surface area contributed by atoms with E-state index in [2.05, 4.69) is 0 Å². The van der Waals surface area contributed by atoms with Crippen LogP contribution in [-0.2, 0) is 31.0 Å². The smallest absolute Gasteiger partial charge is 0.547 e. The van der Waals surface area contributed by atoms with Crippen LogP contribution in [0.1, 0.15) is 0 Å². The maximum atomic E-state index is 9.41. The van der Waals surface area contributed by atoms with Crippen molar-refractivity contribution in [1.82, 2.24) is 0 Å². The standard InChI is InChI=1S/C3H6O4.K.Zr/c4-1-2(5)3(6)7;;/h2,4-5H,1H2,(H,6,7);;/q;+1;+2/p-1. The van der Waals surface area contributed by atoms with Gasteiger partial charge in [0.1, 0.15) is 6.10 Å². The third-order valence-electron chi connectivity index (χ3n) is 0.445. The van der Waals surface area contributed by atoms with E-state index in [4.69, 9.17) is 10.2 Å². The first kappa shape index (κ1) is 17.1. The van der Waals surface area contributed by atoms with Crippen molar-refractivity contribution in [3.05, 3.63) is 0 Å². The summed E-state index contributed by atoms with van der Waals surface area (Å²) in [5.74, 6) is -1.65. The fraction of sp³-hybridized carbons (Fsp3) is 0.667. The van der Waals surface area contributed by atoms with E-state index in [0.29, 0.717) is 0 Å². The molecule has 9 heavy (non-hydrogen) atoms. The van der Waals surface area contributed by atoms with Gasteiger partial charge in [0, 0.05) is 0 Å². The summed E-state index contributed by atoms with van der Waals surface area (Å²) in [6, 6.07) is 0. The van der Waals surface area contributed by atoms with Crippen molar-refractivity contribution in [3.8, 4) is 0 Å². The summed E-state index contributed by atoms with van der Waals surface area (Å²) in [7, 11) is 0. The van der Waals surface area contributed by atoms with Gasteiger partial charge in [-0.15, -0.1) is 0 Å². The number of rotatable bonds is 2. The molecule has 1 unspecified atom stereocenters. The van der Waals surface area contributed by atoms with E-state index < -0.39 is 18.7 Å². The number of aliphatic hydroxyl groups excluding tert-OH is 2. The van der Waals surface area contributed by atoms with Crippen LogP contribution in [0, 0.1) is 0 Å². The summed E-state index contributed by atoms with van der Waals surface area (Å²) >= 11 is 0. The molecule has 1 atom stereocenters. The van der Waals surface area contributed by atoms with Crippen molar-refractivity contribution in [2.45, 2.75) is 6.10 Å². The Morgan fingerprint density at radius 3 is 2.00 bits per heavy atom. The number of hydrogen-bond donors (Lipinski definition) is 2. The Hall–Kier alpha value is 1.91. The van der Waals surface area contributed by atoms with Gasteiger partial charge < -0.3 is 20.1 Å². The number of carbonyl (C=O) groups is 1. The predicted molar refractivity (Wildman–Crippen MR) is 18.1 cm³/mol. The molecule has 0 saturated heterocycles. The van der Waals surface area contributed by atoms with Gasteiger partial charge in [-0.2, -0.15) is 0 Å². The average Bonchev–Trinajstić information content (AvgIpc) is 1.65. The van der Waals surface area contributed by atoms with Crippen molar-refractivity contribution in [1.29, 1.82) is 0 Å². The van der Waals surface area contributed by atoms with Crippen LogP contribution < -0.4 is 56.5 Å². The molecule has 0 radical (unpaired) electrons. The monoisotopic (exact) mass is 234 g/mol. The predicted octanol–water partition coefficient (Wildman–Crippen LogP) is -5.91. The molecule has 0 aliphatic heterocycles. The summed E-state index contributed by atoms with van der Waals surface area (Å²) in [4.78, 5) is 9.41. The first-order valence-electron chi connectivity index (χ1n) is 1.68. The molecule has 0 aromatic rings. The van der Waals surface area contributed by atoms with E-state index >= 15 is 0 Å². The minimum absolute atomic E-state index is 0. The SMILES string of the molecule is O=C([O-])C(O)CO.[K+].[Zr+2]. The third kappa shape index (κ3) is 9.91. The maximum absolute atomic E-state index is 9.41. The van der Waals surface area contributed by atoms with E-state index in [1.807, 2.05) is 0 Å². The van der Waals surface area contributed by atoms with E-state index in [1.54, 1.807) is 0 Å². The number of hydrogen-bond acceptors (Lipinski definition) is 4. The summed E-state index contributed by atoms with van der Waals surface area (Å²) in [6.07, 6.45) is -1.74. The van der Waals surface area contributed by atoms with Crippen LogP contribution in [-0.4, -0.2) is 28.9 Å². The Kier molecular flexibility index (Phi) is 18.9. The molecule has 0 saturated carbocycles. The molecule has 4 nitrogen and oxygen atoms in total. The topological polar surface area (TPSA) is 80.6 Å². The molecule has 0 bridgehead atoms. The number of aliphatic hydroxyl groups is 2. The Bertz CT molecular complexity index is 78.2. The maximum Gasteiger partial charge on any atom is 2.00 e. The number of aliphatic carboxylic acids is 1. The van der Waals surface area contributed by atoms with Gasteiger partial charge in [-0.05, 0) is 0 Å². The fourth-order valence-electron chi connectivity index (χ4n) is 0.0745. The molecule has 2 N–H and O–H groups in total. The molecule has 6 heteroatoms. The van der Waals surface area contributed by atoms with Crippen molar-refractivity contribution in [2.24, 2.45) is 0 Å². The van der Waals surface area contributed by atoms with Crippen molar-refractivity contribution in [2.75, 3.05) is 6.61 Å². The molecule has 0 heterocycles. The summed E-state index contributed by atoms with van der Waals surface area (Å²) < 4.78 is 0. The van der Waals surface area contributed by atoms with Crippen LogP contribution >= 0.6 is 0 Å². The second-order valence-corrected chi connectivity index (χ2v) is 1.02. The first-order chi connectivity index (χ1) is 3.18. The number of carboxylic acid groups (broad SMARTS) is 1. The molecule has 0 amide bonds. The second-order valence-electron chi connectivity index (χ2n) is 1.02. The van der Waals surface area contributed by atoms with Crippen LogP contribution in [0.25, 0.3) is 0 Å². The Morgan fingerprint density at radius 2 is 2.00 bits per heavy atom. The zero-order valence-corrected chi connectivity index (χ0v) is 10.6. The van der Waals surface area contributed by atoms with Crippen LogP contribution in [0.5, 0.6) is 0 Å². The van der Waals surface area contributed by atoms with Crippen LogP contribution in [0.2, 0.25) is 0 Å². The van der Waals surface area contributed by atoms with Gasteiger partial charge in [-0.1, -0.05) is 0 Å². The van der Waals surface area contributed by atoms with Crippen molar-refractivity contribution in [3.63, 3.8) is 0 Å². The van der Waals surface area contributed by atoms with Gasteiger partial charge in [-0.25, -0.2) is 0 Å². The number of carboxylic acids is 1. The Morgan fingerprint density at radius 1 is 1.67 bits per heavy atom. The minimum atomic E-state index is -1.74. The van der Waals surface area contributed by atoms with Crippen molar-refractivity contribution < 1.29 is 97.7 Å². The average molecular weight is 235 g/mol. The molecule has 0 aliphatic carbocycles. The fourth-order valence-corrected chi connectivity index (χ4v) is 0.0745. The summed E-state index contributed by atoms with van der Waals surface area (Å²) in [5, 5.41) is 25.3. The molecule has 0 rings (SSSR count). The molecule has 0 spiro atoms. The van der Waals surface area contributed by atoms with Crippen LogP contribution in [0.3, 0.4) is 0 Å². The molecule has 0 fully saturated rings. The van der Waals surface area contributed by atoms with Crippen LogP contribution in [0.15, 0.2) is 0 Å². The van der Waals surface area contributed by atoms with E-state index in [0.717, 1.165) is 0 Å². The first-order valence-corrected chi connectivity index (χ1v) is 1.68. The summed E-state index contributed by atoms with van der Waals surface area (Å²) in [5.41, 5.74) is 0. The van der Waals surface area contributed by atoms with E-state index in [1.165, 1.54) is 0 Å². The zero-order chi connectivity index (χ0) is 5.86. The third-order valence-corrected chi connectivity index (χ3v) is 0.445. The van der Waals surface area contributed by atoms with Crippen molar-refractivity contribution >= 4 is 5.97 Å². The normalized spacial score (nSPS) is 10.4. The largest absolute Gasteiger partial charge is 2.00 e. The second kappa shape index (κ2) is 9.91. The van der Waals surface area contributed by atoms with E-state index in [-0.39, 0.29) is 77.6 Å². The van der Waals surface area contributed by atoms with Gasteiger partial charge in [0.25, 0.3) is 0 Å². The Labute approximate surface area is 114 Å². The van der Waals surface area contributed by atoms with E-state index in [9.17, 15) is 9.90 Å². The Balaban J connectivity index is -0.000000180. The van der Waals surface area contributed by atoms with Gasteiger partial charge in [0.2, 0.25) is 0 Å². The number of carbonyl (C=O) groups excluding carboxylic acids is 1. The molecule has 0 aromatic carbocycles. The molecule has 0 aliphatic rings. The molecular weight excluding hydrogens is 230 g/mol. The summed E-state index contributed by atoms with van der Waals surface area (Å²) in [6.45, 7) is -0.789. The minimum Gasteiger partial charge on any atom is -0.547 e. The van der Waals surface area contributed by atoms with Gasteiger partial charge in [0.15, 0.2) is 0 Å². The molecule has 44 valence electrons. The van der Waals surface area contributed by atoms with Gasteiger partial charge in [0.05, 0.1) is 12.6 Å².